The van der Waals surface area contributed by atoms with Gasteiger partial charge in [-0.25, -0.2) is 0 Å². The zero-order valence-corrected chi connectivity index (χ0v) is 14.0. The molecule has 0 radical (unpaired) electrons. The average Bonchev–Trinajstić information content (AvgIpc) is 2.45. The fraction of sp³-hybridized carbons (Fsp3) is 1.00. The van der Waals surface area contributed by atoms with Gasteiger partial charge in [-0.05, 0) is 44.1 Å². The second-order valence-electron chi connectivity index (χ2n) is 7.35. The van der Waals surface area contributed by atoms with Crippen LogP contribution in [-0.4, -0.2) is 49.8 Å². The maximum absolute atomic E-state index is 5.52. The van der Waals surface area contributed by atoms with E-state index in [4.69, 9.17) is 4.74 Å². The Bertz CT molecular complexity index is 285. The second kappa shape index (κ2) is 7.24. The Balaban J connectivity index is 1.99. The van der Waals surface area contributed by atoms with Gasteiger partial charge in [0, 0.05) is 32.3 Å². The number of hydrogen-bond donors (Lipinski definition) is 1. The van der Waals surface area contributed by atoms with Gasteiger partial charge in [0.05, 0.1) is 6.10 Å². The van der Waals surface area contributed by atoms with Gasteiger partial charge < -0.3 is 10.1 Å². The van der Waals surface area contributed by atoms with Gasteiger partial charge in [-0.2, -0.15) is 0 Å². The molecule has 1 saturated heterocycles. The monoisotopic (exact) mass is 282 g/mol. The van der Waals surface area contributed by atoms with Gasteiger partial charge in [0.25, 0.3) is 0 Å². The molecule has 2 fully saturated rings. The minimum atomic E-state index is 0.427. The van der Waals surface area contributed by atoms with Gasteiger partial charge in [-0.3, -0.25) is 4.90 Å². The summed E-state index contributed by atoms with van der Waals surface area (Å²) in [5.74, 6) is 0. The van der Waals surface area contributed by atoms with E-state index in [1.807, 2.05) is 7.11 Å². The number of hydrogen-bond acceptors (Lipinski definition) is 3. The van der Waals surface area contributed by atoms with E-state index in [9.17, 15) is 0 Å². The summed E-state index contributed by atoms with van der Waals surface area (Å²) in [4.78, 5) is 2.74. The normalized spacial score (nSPS) is 32.4. The Morgan fingerprint density at radius 2 is 1.90 bits per heavy atom. The van der Waals surface area contributed by atoms with Crippen molar-refractivity contribution in [1.29, 1.82) is 0 Å². The lowest BCUT2D eigenvalue weighted by atomic mass is 9.70. The highest BCUT2D eigenvalue weighted by atomic mass is 16.5. The lowest BCUT2D eigenvalue weighted by molar-refractivity contribution is -0.00712. The summed E-state index contributed by atoms with van der Waals surface area (Å²) in [5, 5.41) is 3.86. The van der Waals surface area contributed by atoms with E-state index in [1.54, 1.807) is 0 Å². The predicted octanol–water partition coefficient (Wildman–Crippen LogP) is 3.04. The molecule has 2 unspecified atom stereocenters. The van der Waals surface area contributed by atoms with Crippen LogP contribution in [0.1, 0.15) is 59.3 Å². The van der Waals surface area contributed by atoms with Crippen molar-refractivity contribution < 1.29 is 4.74 Å². The Hall–Kier alpha value is -0.120. The zero-order valence-electron chi connectivity index (χ0n) is 14.0. The van der Waals surface area contributed by atoms with Gasteiger partial charge in [-0.1, -0.05) is 27.2 Å². The average molecular weight is 282 g/mol. The van der Waals surface area contributed by atoms with Crippen molar-refractivity contribution in [2.75, 3.05) is 26.7 Å². The van der Waals surface area contributed by atoms with Crippen molar-refractivity contribution in [3.8, 4) is 0 Å². The van der Waals surface area contributed by atoms with Crippen LogP contribution in [0.15, 0.2) is 0 Å². The van der Waals surface area contributed by atoms with E-state index in [2.05, 4.69) is 31.0 Å². The van der Waals surface area contributed by atoms with Crippen LogP contribution < -0.4 is 5.32 Å². The van der Waals surface area contributed by atoms with Crippen LogP contribution in [0.5, 0.6) is 0 Å². The van der Waals surface area contributed by atoms with E-state index < -0.39 is 0 Å². The summed E-state index contributed by atoms with van der Waals surface area (Å²) in [6.07, 6.45) is 8.23. The molecule has 1 heterocycles. The lowest BCUT2D eigenvalue weighted by Gasteiger charge is -2.50. The van der Waals surface area contributed by atoms with Crippen molar-refractivity contribution in [2.45, 2.75) is 77.5 Å². The molecule has 0 aromatic rings. The largest absolute Gasteiger partial charge is 0.381 e. The third-order valence-corrected chi connectivity index (χ3v) is 5.44. The fourth-order valence-corrected chi connectivity index (χ4v) is 4.16. The van der Waals surface area contributed by atoms with E-state index in [0.717, 1.165) is 12.6 Å². The molecule has 0 spiro atoms. The molecule has 0 amide bonds. The fourth-order valence-electron chi connectivity index (χ4n) is 4.16. The molecular formula is C17H34N2O. The molecule has 2 aliphatic rings. The first-order valence-corrected chi connectivity index (χ1v) is 8.58. The van der Waals surface area contributed by atoms with Crippen LogP contribution in [0.2, 0.25) is 0 Å². The molecule has 3 heteroatoms. The molecule has 1 aliphatic heterocycles. The van der Waals surface area contributed by atoms with Gasteiger partial charge >= 0.3 is 0 Å². The zero-order chi connectivity index (χ0) is 14.6. The molecule has 0 aromatic carbocycles. The quantitative estimate of drug-likeness (QED) is 0.839. The molecule has 0 aromatic heterocycles. The van der Waals surface area contributed by atoms with Crippen molar-refractivity contribution in [3.05, 3.63) is 0 Å². The maximum Gasteiger partial charge on any atom is 0.0595 e. The molecule has 2 atom stereocenters. The molecular weight excluding hydrogens is 248 g/mol. The molecule has 1 N–H and O–H groups in total. The molecule has 2 rings (SSSR count). The smallest absolute Gasteiger partial charge is 0.0595 e. The topological polar surface area (TPSA) is 24.5 Å². The Morgan fingerprint density at radius 1 is 1.20 bits per heavy atom. The maximum atomic E-state index is 5.52. The highest BCUT2D eigenvalue weighted by molar-refractivity contribution is 4.99. The van der Waals surface area contributed by atoms with Crippen molar-refractivity contribution >= 4 is 0 Å². The summed E-state index contributed by atoms with van der Waals surface area (Å²) in [5.41, 5.74) is 0.427. The Morgan fingerprint density at radius 3 is 2.50 bits per heavy atom. The first-order chi connectivity index (χ1) is 9.58. The molecule has 3 nitrogen and oxygen atoms in total. The summed E-state index contributed by atoms with van der Waals surface area (Å²) >= 11 is 0. The van der Waals surface area contributed by atoms with Crippen LogP contribution in [0.25, 0.3) is 0 Å². The van der Waals surface area contributed by atoms with Gasteiger partial charge in [0.2, 0.25) is 0 Å². The number of methoxy groups -OCH3 is 1. The van der Waals surface area contributed by atoms with Gasteiger partial charge in [0.1, 0.15) is 0 Å². The molecule has 20 heavy (non-hydrogen) atoms. The van der Waals surface area contributed by atoms with Crippen LogP contribution in [-0.2, 0) is 4.74 Å². The van der Waals surface area contributed by atoms with Crippen LogP contribution >= 0.6 is 0 Å². The standard InChI is InChI=1S/C17H34N2O/c1-5-11-18-16-15(7-6-10-17(16,2)3)19-12-8-14(20-4)9-13-19/h14-16,18H,5-13H2,1-4H3. The number of nitrogens with zero attached hydrogens (tertiary/aromatic N) is 1. The highest BCUT2D eigenvalue weighted by Crippen LogP contribution is 2.38. The highest BCUT2D eigenvalue weighted by Gasteiger charge is 2.41. The van der Waals surface area contributed by atoms with E-state index in [0.29, 0.717) is 17.6 Å². The summed E-state index contributed by atoms with van der Waals surface area (Å²) in [6.45, 7) is 10.7. The number of nitrogens with one attached hydrogen (secondary N) is 1. The summed E-state index contributed by atoms with van der Waals surface area (Å²) in [6, 6.07) is 1.37. The third-order valence-electron chi connectivity index (χ3n) is 5.44. The third kappa shape index (κ3) is 3.75. The Labute approximate surface area is 125 Å². The SMILES string of the molecule is CCCNC1C(N2CCC(OC)CC2)CCCC1(C)C. The minimum Gasteiger partial charge on any atom is -0.381 e. The van der Waals surface area contributed by atoms with E-state index in [1.165, 1.54) is 51.6 Å². The Kier molecular flexibility index (Phi) is 5.88. The van der Waals surface area contributed by atoms with Crippen LogP contribution in [0.3, 0.4) is 0 Å². The first kappa shape index (κ1) is 16.3. The van der Waals surface area contributed by atoms with Gasteiger partial charge in [-0.15, -0.1) is 0 Å². The van der Waals surface area contributed by atoms with Crippen molar-refractivity contribution in [1.82, 2.24) is 10.2 Å². The minimum absolute atomic E-state index is 0.427. The van der Waals surface area contributed by atoms with Crippen LogP contribution in [0.4, 0.5) is 0 Å². The first-order valence-electron chi connectivity index (χ1n) is 8.58. The second-order valence-corrected chi connectivity index (χ2v) is 7.35. The van der Waals surface area contributed by atoms with E-state index in [-0.39, 0.29) is 0 Å². The lowest BCUT2D eigenvalue weighted by Crippen LogP contribution is -2.60. The molecule has 0 bridgehead atoms. The predicted molar refractivity (Wildman–Crippen MR) is 85.1 cm³/mol. The molecule has 118 valence electrons. The molecule has 1 saturated carbocycles. The number of ether oxygens (including phenoxy) is 1. The number of rotatable bonds is 5. The number of likely N-dealkylation sites (tertiary alicyclic amines) is 1. The van der Waals surface area contributed by atoms with E-state index >= 15 is 0 Å². The molecule has 1 aliphatic carbocycles. The van der Waals surface area contributed by atoms with Gasteiger partial charge in [0.15, 0.2) is 0 Å². The van der Waals surface area contributed by atoms with Crippen LogP contribution in [0, 0.1) is 5.41 Å². The summed E-state index contributed by atoms with van der Waals surface area (Å²) in [7, 11) is 1.86. The number of piperidine rings is 1. The van der Waals surface area contributed by atoms with Crippen molar-refractivity contribution in [3.63, 3.8) is 0 Å². The summed E-state index contributed by atoms with van der Waals surface area (Å²) < 4.78 is 5.52. The van der Waals surface area contributed by atoms with Crippen molar-refractivity contribution in [2.24, 2.45) is 5.41 Å².